The summed E-state index contributed by atoms with van der Waals surface area (Å²) in [5.74, 6) is 2.59. The van der Waals surface area contributed by atoms with Crippen LogP contribution >= 0.6 is 0 Å². The maximum atomic E-state index is 12.2. The smallest absolute Gasteiger partial charge is 0.317 e. The second-order valence-electron chi connectivity index (χ2n) is 6.41. The van der Waals surface area contributed by atoms with Crippen LogP contribution in [0.5, 0.6) is 0 Å². The summed E-state index contributed by atoms with van der Waals surface area (Å²) >= 11 is 0. The van der Waals surface area contributed by atoms with Gasteiger partial charge in [-0.05, 0) is 26.7 Å². The molecule has 2 aromatic rings. The minimum atomic E-state index is -0.171. The van der Waals surface area contributed by atoms with Crippen molar-refractivity contribution in [3.05, 3.63) is 23.9 Å². The SMILES string of the molecule is CC(C)n1cnnc1CN(C)C(=O)NCCc1nc(C2CC2)no1. The van der Waals surface area contributed by atoms with Crippen molar-refractivity contribution in [2.45, 2.75) is 51.6 Å². The predicted octanol–water partition coefficient (Wildman–Crippen LogP) is 1.50. The molecule has 1 aliphatic rings. The van der Waals surface area contributed by atoms with E-state index in [0.717, 1.165) is 24.5 Å². The Labute approximate surface area is 140 Å². The van der Waals surface area contributed by atoms with E-state index in [1.807, 2.05) is 18.4 Å². The Morgan fingerprint density at radius 1 is 1.50 bits per heavy atom. The lowest BCUT2D eigenvalue weighted by molar-refractivity contribution is 0.204. The fourth-order valence-corrected chi connectivity index (χ4v) is 2.38. The Kier molecular flexibility index (Phi) is 4.77. The molecular weight excluding hydrogens is 310 g/mol. The molecule has 9 nitrogen and oxygen atoms in total. The number of carbonyl (C=O) groups is 1. The highest BCUT2D eigenvalue weighted by atomic mass is 16.5. The Morgan fingerprint density at radius 2 is 2.29 bits per heavy atom. The molecule has 1 saturated carbocycles. The summed E-state index contributed by atoms with van der Waals surface area (Å²) in [6.07, 6.45) is 4.49. The highest BCUT2D eigenvalue weighted by molar-refractivity contribution is 5.73. The monoisotopic (exact) mass is 333 g/mol. The number of rotatable bonds is 7. The number of carbonyl (C=O) groups excluding carboxylic acids is 1. The summed E-state index contributed by atoms with van der Waals surface area (Å²) in [5, 5.41) is 14.8. The van der Waals surface area contributed by atoms with Gasteiger partial charge in [-0.3, -0.25) is 0 Å². The Morgan fingerprint density at radius 3 is 3.00 bits per heavy atom. The largest absolute Gasteiger partial charge is 0.339 e. The van der Waals surface area contributed by atoms with Crippen LogP contribution in [-0.2, 0) is 13.0 Å². The number of nitrogens with zero attached hydrogens (tertiary/aromatic N) is 6. The number of aromatic nitrogens is 5. The molecule has 0 unspecified atom stereocenters. The van der Waals surface area contributed by atoms with Gasteiger partial charge in [-0.1, -0.05) is 5.16 Å². The Bertz CT molecular complexity index is 690. The van der Waals surface area contributed by atoms with Gasteiger partial charge in [0.15, 0.2) is 11.6 Å². The topological polar surface area (TPSA) is 102 Å². The number of hydrogen-bond acceptors (Lipinski definition) is 6. The van der Waals surface area contributed by atoms with E-state index < -0.39 is 0 Å². The molecule has 1 N–H and O–H groups in total. The second kappa shape index (κ2) is 6.98. The molecule has 24 heavy (non-hydrogen) atoms. The summed E-state index contributed by atoms with van der Waals surface area (Å²) in [6.45, 7) is 4.95. The van der Waals surface area contributed by atoms with Gasteiger partial charge in [0.2, 0.25) is 5.89 Å². The Balaban J connectivity index is 1.44. The second-order valence-corrected chi connectivity index (χ2v) is 6.41. The lowest BCUT2D eigenvalue weighted by Crippen LogP contribution is -2.38. The van der Waals surface area contributed by atoms with Crippen molar-refractivity contribution in [1.29, 1.82) is 0 Å². The lowest BCUT2D eigenvalue weighted by atomic mass is 10.3. The van der Waals surface area contributed by atoms with E-state index in [2.05, 4.69) is 25.7 Å². The molecule has 0 aliphatic heterocycles. The molecule has 130 valence electrons. The molecule has 9 heteroatoms. The maximum absolute atomic E-state index is 12.2. The van der Waals surface area contributed by atoms with Crippen LogP contribution in [0.25, 0.3) is 0 Å². The van der Waals surface area contributed by atoms with Gasteiger partial charge in [-0.2, -0.15) is 4.98 Å². The van der Waals surface area contributed by atoms with E-state index in [4.69, 9.17) is 4.52 Å². The molecule has 1 aliphatic carbocycles. The van der Waals surface area contributed by atoms with E-state index in [1.54, 1.807) is 18.3 Å². The first-order valence-electron chi connectivity index (χ1n) is 8.24. The van der Waals surface area contributed by atoms with Crippen molar-refractivity contribution >= 4 is 6.03 Å². The summed E-state index contributed by atoms with van der Waals surface area (Å²) in [5.41, 5.74) is 0. The van der Waals surface area contributed by atoms with Gasteiger partial charge in [0, 0.05) is 32.0 Å². The van der Waals surface area contributed by atoms with Gasteiger partial charge in [-0.25, -0.2) is 4.79 Å². The molecule has 3 rings (SSSR count). The third-order valence-electron chi connectivity index (χ3n) is 3.97. The molecule has 2 aromatic heterocycles. The minimum Gasteiger partial charge on any atom is -0.339 e. The predicted molar refractivity (Wildman–Crippen MR) is 85.2 cm³/mol. The summed E-state index contributed by atoms with van der Waals surface area (Å²) < 4.78 is 7.13. The van der Waals surface area contributed by atoms with Gasteiger partial charge in [0.25, 0.3) is 0 Å². The first-order chi connectivity index (χ1) is 11.5. The van der Waals surface area contributed by atoms with Crippen LogP contribution in [0.3, 0.4) is 0 Å². The average Bonchev–Trinajstić information content (AvgIpc) is 3.10. The standard InChI is InChI=1S/C15H23N7O2/c1-10(2)22-9-17-19-12(22)8-21(3)15(23)16-7-6-13-18-14(20-24-13)11-4-5-11/h9-11H,4-8H2,1-3H3,(H,16,23). The molecule has 2 amide bonds. The van der Waals surface area contributed by atoms with Gasteiger partial charge in [-0.15, -0.1) is 10.2 Å². The average molecular weight is 333 g/mol. The highest BCUT2D eigenvalue weighted by Gasteiger charge is 2.28. The van der Waals surface area contributed by atoms with Crippen molar-refractivity contribution in [2.75, 3.05) is 13.6 Å². The van der Waals surface area contributed by atoms with Gasteiger partial charge >= 0.3 is 6.03 Å². The first kappa shape index (κ1) is 16.4. The zero-order valence-corrected chi connectivity index (χ0v) is 14.3. The summed E-state index contributed by atoms with van der Waals surface area (Å²) in [4.78, 5) is 18.1. The number of amides is 2. The minimum absolute atomic E-state index is 0.171. The zero-order valence-electron chi connectivity index (χ0n) is 14.3. The van der Waals surface area contributed by atoms with Crippen LogP contribution in [0.4, 0.5) is 4.79 Å². The molecular formula is C15H23N7O2. The van der Waals surface area contributed by atoms with Crippen molar-refractivity contribution in [3.8, 4) is 0 Å². The third-order valence-corrected chi connectivity index (χ3v) is 3.97. The fourth-order valence-electron chi connectivity index (χ4n) is 2.38. The van der Waals surface area contributed by atoms with Gasteiger partial charge < -0.3 is 19.3 Å². The fraction of sp³-hybridized carbons (Fsp3) is 0.667. The Hall–Kier alpha value is -2.45. The summed E-state index contributed by atoms with van der Waals surface area (Å²) in [6, 6.07) is 0.0832. The van der Waals surface area contributed by atoms with Crippen LogP contribution in [0.15, 0.2) is 10.9 Å². The van der Waals surface area contributed by atoms with Crippen LogP contribution in [-0.4, -0.2) is 49.4 Å². The van der Waals surface area contributed by atoms with Crippen LogP contribution in [0.1, 0.15) is 56.2 Å². The maximum Gasteiger partial charge on any atom is 0.317 e. The van der Waals surface area contributed by atoms with Crippen LogP contribution in [0, 0.1) is 0 Å². The van der Waals surface area contributed by atoms with Gasteiger partial charge in [0.05, 0.1) is 6.54 Å². The molecule has 0 saturated heterocycles. The van der Waals surface area contributed by atoms with Crippen LogP contribution in [0.2, 0.25) is 0 Å². The summed E-state index contributed by atoms with van der Waals surface area (Å²) in [7, 11) is 1.73. The van der Waals surface area contributed by atoms with E-state index in [-0.39, 0.29) is 12.1 Å². The zero-order chi connectivity index (χ0) is 17.1. The van der Waals surface area contributed by atoms with E-state index in [9.17, 15) is 4.79 Å². The van der Waals surface area contributed by atoms with Crippen molar-refractivity contribution in [1.82, 2.24) is 35.1 Å². The van der Waals surface area contributed by atoms with E-state index in [1.165, 1.54) is 0 Å². The number of hydrogen-bond donors (Lipinski definition) is 1. The number of urea groups is 1. The van der Waals surface area contributed by atoms with Crippen molar-refractivity contribution in [3.63, 3.8) is 0 Å². The molecule has 2 heterocycles. The van der Waals surface area contributed by atoms with Gasteiger partial charge in [0.1, 0.15) is 6.33 Å². The molecule has 1 fully saturated rings. The molecule has 0 bridgehead atoms. The van der Waals surface area contributed by atoms with Crippen LogP contribution < -0.4 is 5.32 Å². The molecule has 0 atom stereocenters. The number of nitrogens with one attached hydrogen (secondary N) is 1. The normalized spacial score (nSPS) is 14.2. The molecule has 0 radical (unpaired) electrons. The van der Waals surface area contributed by atoms with Crippen molar-refractivity contribution in [2.24, 2.45) is 0 Å². The lowest BCUT2D eigenvalue weighted by Gasteiger charge is -2.18. The third kappa shape index (κ3) is 3.90. The highest BCUT2D eigenvalue weighted by Crippen LogP contribution is 2.38. The molecule has 0 spiro atoms. The molecule has 0 aromatic carbocycles. The first-order valence-corrected chi connectivity index (χ1v) is 8.24. The quantitative estimate of drug-likeness (QED) is 0.824. The van der Waals surface area contributed by atoms with Crippen molar-refractivity contribution < 1.29 is 9.32 Å². The van der Waals surface area contributed by atoms with E-state index in [0.29, 0.717) is 31.3 Å². The van der Waals surface area contributed by atoms with E-state index >= 15 is 0 Å².